The molecule has 0 spiro atoms. The maximum absolute atomic E-state index is 3.72. The molecule has 1 aliphatic rings. The van der Waals surface area contributed by atoms with E-state index in [4.69, 9.17) is 0 Å². The summed E-state index contributed by atoms with van der Waals surface area (Å²) in [6.45, 7) is 10.3. The van der Waals surface area contributed by atoms with Crippen LogP contribution >= 0.6 is 0 Å². The molecular weight excluding hydrogens is 218 g/mol. The molecule has 1 aromatic rings. The molecule has 1 unspecified atom stereocenters. The highest BCUT2D eigenvalue weighted by Crippen LogP contribution is 2.35. The summed E-state index contributed by atoms with van der Waals surface area (Å²) in [4.78, 5) is 0. The summed E-state index contributed by atoms with van der Waals surface area (Å²) in [5.41, 5.74) is 4.89. The standard InChI is InChI=1S/C17H27N/c1-5-11-18-16(17(2,3)4)15-10-9-13-7-6-8-14(13)12-15/h9-10,12,16,18H,5-8,11H2,1-4H3. The molecule has 0 heterocycles. The summed E-state index contributed by atoms with van der Waals surface area (Å²) in [5, 5.41) is 3.72. The number of nitrogens with one attached hydrogen (secondary N) is 1. The van der Waals surface area contributed by atoms with E-state index in [1.807, 2.05) is 0 Å². The van der Waals surface area contributed by atoms with Crippen LogP contribution in [0.4, 0.5) is 0 Å². The van der Waals surface area contributed by atoms with E-state index >= 15 is 0 Å². The summed E-state index contributed by atoms with van der Waals surface area (Å²) >= 11 is 0. The average Bonchev–Trinajstić information content (AvgIpc) is 2.75. The van der Waals surface area contributed by atoms with Crippen molar-refractivity contribution in [3.8, 4) is 0 Å². The number of hydrogen-bond donors (Lipinski definition) is 1. The fourth-order valence-corrected chi connectivity index (χ4v) is 2.98. The Hall–Kier alpha value is -0.820. The third-order valence-corrected chi connectivity index (χ3v) is 3.92. The first-order valence-corrected chi connectivity index (χ1v) is 7.37. The first kappa shape index (κ1) is 13.6. The Balaban J connectivity index is 2.25. The van der Waals surface area contributed by atoms with Crippen LogP contribution in [0.1, 0.15) is 63.3 Å². The van der Waals surface area contributed by atoms with Crippen LogP contribution in [-0.2, 0) is 12.8 Å². The quantitative estimate of drug-likeness (QED) is 0.835. The van der Waals surface area contributed by atoms with E-state index in [-0.39, 0.29) is 5.41 Å². The number of hydrogen-bond acceptors (Lipinski definition) is 1. The number of benzene rings is 1. The highest BCUT2D eigenvalue weighted by atomic mass is 14.9. The van der Waals surface area contributed by atoms with Crippen LogP contribution in [0.25, 0.3) is 0 Å². The highest BCUT2D eigenvalue weighted by molar-refractivity contribution is 5.37. The van der Waals surface area contributed by atoms with E-state index < -0.39 is 0 Å². The van der Waals surface area contributed by atoms with Crippen molar-refractivity contribution in [2.75, 3.05) is 6.54 Å². The van der Waals surface area contributed by atoms with Gasteiger partial charge in [0.05, 0.1) is 0 Å². The molecule has 1 N–H and O–H groups in total. The molecule has 1 nitrogen and oxygen atoms in total. The molecule has 0 radical (unpaired) electrons. The van der Waals surface area contributed by atoms with Gasteiger partial charge in [0.15, 0.2) is 0 Å². The van der Waals surface area contributed by atoms with E-state index in [9.17, 15) is 0 Å². The molecule has 1 heteroatoms. The second kappa shape index (κ2) is 5.44. The minimum Gasteiger partial charge on any atom is -0.309 e. The van der Waals surface area contributed by atoms with Crippen molar-refractivity contribution in [3.63, 3.8) is 0 Å². The molecular formula is C17H27N. The SMILES string of the molecule is CCCNC(c1ccc2c(c1)CCC2)C(C)(C)C. The molecule has 100 valence electrons. The van der Waals surface area contributed by atoms with E-state index in [2.05, 4.69) is 51.2 Å². The first-order chi connectivity index (χ1) is 8.52. The molecule has 0 aliphatic heterocycles. The van der Waals surface area contributed by atoms with Crippen LogP contribution in [-0.4, -0.2) is 6.54 Å². The van der Waals surface area contributed by atoms with Gasteiger partial charge in [-0.3, -0.25) is 0 Å². The van der Waals surface area contributed by atoms with Crippen molar-refractivity contribution in [2.45, 2.75) is 59.4 Å². The lowest BCUT2D eigenvalue weighted by atomic mass is 9.81. The molecule has 1 aromatic carbocycles. The lowest BCUT2D eigenvalue weighted by Gasteiger charge is -2.32. The number of fused-ring (bicyclic) bond motifs is 1. The Labute approximate surface area is 112 Å². The lowest BCUT2D eigenvalue weighted by molar-refractivity contribution is 0.273. The molecule has 2 rings (SSSR count). The zero-order valence-electron chi connectivity index (χ0n) is 12.3. The Morgan fingerprint density at radius 3 is 2.56 bits per heavy atom. The van der Waals surface area contributed by atoms with Gasteiger partial charge in [-0.15, -0.1) is 0 Å². The van der Waals surface area contributed by atoms with Crippen LogP contribution in [0.3, 0.4) is 0 Å². The second-order valence-corrected chi connectivity index (χ2v) is 6.63. The van der Waals surface area contributed by atoms with E-state index in [0.29, 0.717) is 6.04 Å². The molecule has 0 fully saturated rings. The van der Waals surface area contributed by atoms with Gasteiger partial charge in [-0.05, 0) is 54.3 Å². The lowest BCUT2D eigenvalue weighted by Crippen LogP contribution is -2.32. The van der Waals surface area contributed by atoms with Crippen molar-refractivity contribution in [2.24, 2.45) is 5.41 Å². The predicted molar refractivity (Wildman–Crippen MR) is 79.0 cm³/mol. The van der Waals surface area contributed by atoms with E-state index in [1.54, 1.807) is 11.1 Å². The molecule has 0 bridgehead atoms. The smallest absolute Gasteiger partial charge is 0.0369 e. The van der Waals surface area contributed by atoms with Gasteiger partial charge >= 0.3 is 0 Å². The summed E-state index contributed by atoms with van der Waals surface area (Å²) in [6, 6.07) is 7.59. The molecule has 0 aromatic heterocycles. The average molecular weight is 245 g/mol. The molecule has 0 saturated heterocycles. The zero-order valence-corrected chi connectivity index (χ0v) is 12.3. The van der Waals surface area contributed by atoms with Crippen LogP contribution in [0.5, 0.6) is 0 Å². The van der Waals surface area contributed by atoms with Gasteiger partial charge in [-0.25, -0.2) is 0 Å². The van der Waals surface area contributed by atoms with Crippen molar-refractivity contribution in [3.05, 3.63) is 34.9 Å². The van der Waals surface area contributed by atoms with Crippen LogP contribution in [0.2, 0.25) is 0 Å². The third kappa shape index (κ3) is 2.95. The van der Waals surface area contributed by atoms with Gasteiger partial charge in [-0.2, -0.15) is 0 Å². The van der Waals surface area contributed by atoms with Gasteiger partial charge < -0.3 is 5.32 Å². The number of rotatable bonds is 4. The largest absolute Gasteiger partial charge is 0.309 e. The fraction of sp³-hybridized carbons (Fsp3) is 0.647. The Bertz CT molecular complexity index is 401. The minimum absolute atomic E-state index is 0.266. The van der Waals surface area contributed by atoms with Gasteiger partial charge in [0.2, 0.25) is 0 Å². The fourth-order valence-electron chi connectivity index (χ4n) is 2.98. The molecule has 1 atom stereocenters. The predicted octanol–water partition coefficient (Wildman–Crippen LogP) is 4.26. The second-order valence-electron chi connectivity index (χ2n) is 6.63. The van der Waals surface area contributed by atoms with Gasteiger partial charge in [0.25, 0.3) is 0 Å². The molecule has 1 aliphatic carbocycles. The Morgan fingerprint density at radius 1 is 1.17 bits per heavy atom. The minimum atomic E-state index is 0.266. The van der Waals surface area contributed by atoms with Gasteiger partial charge in [0.1, 0.15) is 0 Å². The number of aryl methyl sites for hydroxylation is 2. The van der Waals surface area contributed by atoms with Crippen molar-refractivity contribution in [1.29, 1.82) is 0 Å². The molecule has 0 saturated carbocycles. The van der Waals surface area contributed by atoms with Gasteiger partial charge in [0, 0.05) is 6.04 Å². The first-order valence-electron chi connectivity index (χ1n) is 7.37. The van der Waals surface area contributed by atoms with Crippen LogP contribution in [0, 0.1) is 5.41 Å². The summed E-state index contributed by atoms with van der Waals surface area (Å²) in [6.07, 6.45) is 5.07. The van der Waals surface area contributed by atoms with Crippen LogP contribution in [0.15, 0.2) is 18.2 Å². The highest BCUT2D eigenvalue weighted by Gasteiger charge is 2.26. The van der Waals surface area contributed by atoms with Crippen molar-refractivity contribution >= 4 is 0 Å². The van der Waals surface area contributed by atoms with Gasteiger partial charge in [-0.1, -0.05) is 45.9 Å². The van der Waals surface area contributed by atoms with E-state index in [0.717, 1.165) is 6.54 Å². The summed E-state index contributed by atoms with van der Waals surface area (Å²) in [7, 11) is 0. The van der Waals surface area contributed by atoms with Crippen molar-refractivity contribution in [1.82, 2.24) is 5.32 Å². The third-order valence-electron chi connectivity index (χ3n) is 3.92. The van der Waals surface area contributed by atoms with Crippen LogP contribution < -0.4 is 5.32 Å². The summed E-state index contributed by atoms with van der Waals surface area (Å²) < 4.78 is 0. The summed E-state index contributed by atoms with van der Waals surface area (Å²) in [5.74, 6) is 0. The Kier molecular flexibility index (Phi) is 4.11. The maximum Gasteiger partial charge on any atom is 0.0369 e. The zero-order chi connectivity index (χ0) is 13.2. The molecule has 18 heavy (non-hydrogen) atoms. The van der Waals surface area contributed by atoms with E-state index in [1.165, 1.54) is 31.2 Å². The monoisotopic (exact) mass is 245 g/mol. The normalized spacial score (nSPS) is 16.7. The Morgan fingerprint density at radius 2 is 1.89 bits per heavy atom. The topological polar surface area (TPSA) is 12.0 Å². The maximum atomic E-state index is 3.72. The molecule has 0 amide bonds. The van der Waals surface area contributed by atoms with Crippen molar-refractivity contribution < 1.29 is 0 Å².